The number of phosphoric acid groups is 1. The van der Waals surface area contributed by atoms with E-state index in [0.29, 0.717) is 0 Å². The van der Waals surface area contributed by atoms with Crippen molar-refractivity contribution in [3.05, 3.63) is 12.7 Å². The van der Waals surface area contributed by atoms with Crippen LogP contribution in [0.15, 0.2) is 12.7 Å². The Bertz CT molecular complexity index is 492. The molecule has 6 heteroatoms. The lowest BCUT2D eigenvalue weighted by molar-refractivity contribution is -0.909. The molecular formula is C25H50NO4P. The first kappa shape index (κ1) is 28.8. The van der Waals surface area contributed by atoms with E-state index in [2.05, 4.69) is 20.6 Å². The molecule has 0 saturated carbocycles. The molecule has 1 rings (SSSR count). The van der Waals surface area contributed by atoms with Crippen LogP contribution in [-0.2, 0) is 13.6 Å². The van der Waals surface area contributed by atoms with Gasteiger partial charge >= 0.3 is 0 Å². The van der Waals surface area contributed by atoms with E-state index in [0.717, 1.165) is 56.2 Å². The highest BCUT2D eigenvalue weighted by atomic mass is 31.2. The first-order chi connectivity index (χ1) is 14.9. The van der Waals surface area contributed by atoms with E-state index < -0.39 is 7.82 Å². The van der Waals surface area contributed by atoms with E-state index in [1.54, 1.807) is 0 Å². The quantitative estimate of drug-likeness (QED) is 0.0873. The summed E-state index contributed by atoms with van der Waals surface area (Å²) in [6, 6.07) is 0. The fraction of sp³-hybridized carbons (Fsp3) is 0.920. The minimum atomic E-state index is -4.18. The Kier molecular flexibility index (Phi) is 16.1. The molecule has 1 heterocycles. The van der Waals surface area contributed by atoms with Gasteiger partial charge in [0.05, 0.1) is 39.4 Å². The van der Waals surface area contributed by atoms with Gasteiger partial charge in [0.15, 0.2) is 0 Å². The highest BCUT2D eigenvalue weighted by Gasteiger charge is 2.31. The van der Waals surface area contributed by atoms with Crippen molar-refractivity contribution in [2.45, 2.75) is 116 Å². The number of unbranched alkanes of at least 4 members (excludes halogenated alkanes) is 13. The van der Waals surface area contributed by atoms with Crippen molar-refractivity contribution in [1.29, 1.82) is 0 Å². The van der Waals surface area contributed by atoms with Crippen molar-refractivity contribution in [3.8, 4) is 0 Å². The minimum Gasteiger partial charge on any atom is -0.756 e. The van der Waals surface area contributed by atoms with Crippen LogP contribution in [0.2, 0.25) is 0 Å². The second-order valence-corrected chi connectivity index (χ2v) is 11.1. The van der Waals surface area contributed by atoms with Crippen molar-refractivity contribution in [2.75, 3.05) is 33.3 Å². The number of rotatable bonds is 20. The van der Waals surface area contributed by atoms with Crippen molar-refractivity contribution >= 4 is 7.82 Å². The number of hydrogen-bond acceptors (Lipinski definition) is 4. The summed E-state index contributed by atoms with van der Waals surface area (Å²) in [5.74, 6) is 0. The standard InChI is InChI=1S/C25H50NO4P/c1-4-6-7-8-9-10-11-12-13-14-15-16-17-18-24-29-31(27,28)30-25-19-22-26(3,21-5-2)23-20-25/h5,25H,2,4,6-24H2,1,3H3. The predicted molar refractivity (Wildman–Crippen MR) is 129 cm³/mol. The lowest BCUT2D eigenvalue weighted by atomic mass is 10.0. The smallest absolute Gasteiger partial charge is 0.268 e. The van der Waals surface area contributed by atoms with Gasteiger partial charge in [-0.25, -0.2) is 0 Å². The zero-order valence-corrected chi connectivity index (χ0v) is 21.4. The third kappa shape index (κ3) is 15.3. The van der Waals surface area contributed by atoms with Crippen LogP contribution in [-0.4, -0.2) is 43.9 Å². The maximum absolute atomic E-state index is 12.1. The Morgan fingerprint density at radius 2 is 1.35 bits per heavy atom. The Labute approximate surface area is 192 Å². The maximum atomic E-state index is 12.1. The van der Waals surface area contributed by atoms with Crippen LogP contribution in [0.25, 0.3) is 0 Å². The zero-order valence-electron chi connectivity index (χ0n) is 20.5. The molecule has 0 spiro atoms. The van der Waals surface area contributed by atoms with E-state index in [1.807, 2.05) is 6.08 Å². The van der Waals surface area contributed by atoms with Crippen LogP contribution in [0, 0.1) is 0 Å². The summed E-state index contributed by atoms with van der Waals surface area (Å²) < 4.78 is 23.4. The Morgan fingerprint density at radius 3 is 1.81 bits per heavy atom. The maximum Gasteiger partial charge on any atom is 0.268 e. The molecule has 0 aromatic rings. The average Bonchev–Trinajstić information content (AvgIpc) is 2.73. The molecule has 0 amide bonds. The summed E-state index contributed by atoms with van der Waals surface area (Å²) >= 11 is 0. The van der Waals surface area contributed by atoms with Crippen molar-refractivity contribution in [1.82, 2.24) is 0 Å². The molecule has 1 saturated heterocycles. The van der Waals surface area contributed by atoms with Crippen LogP contribution >= 0.6 is 7.82 Å². The lowest BCUT2D eigenvalue weighted by Crippen LogP contribution is -2.51. The van der Waals surface area contributed by atoms with Gasteiger partial charge < -0.3 is 18.4 Å². The number of quaternary nitrogens is 1. The first-order valence-corrected chi connectivity index (χ1v) is 14.5. The summed E-state index contributed by atoms with van der Waals surface area (Å²) in [6.45, 7) is 9.06. The largest absolute Gasteiger partial charge is 0.756 e. The van der Waals surface area contributed by atoms with Gasteiger partial charge in [-0.2, -0.15) is 0 Å². The average molecular weight is 460 g/mol. The molecule has 0 aliphatic carbocycles. The molecule has 0 N–H and O–H groups in total. The highest BCUT2D eigenvalue weighted by molar-refractivity contribution is 7.45. The van der Waals surface area contributed by atoms with Crippen molar-refractivity contribution < 1.29 is 23.0 Å². The summed E-state index contributed by atoms with van der Waals surface area (Å²) in [4.78, 5) is 12.1. The summed E-state index contributed by atoms with van der Waals surface area (Å²) in [5.41, 5.74) is 0. The molecule has 184 valence electrons. The first-order valence-electron chi connectivity index (χ1n) is 13.0. The number of phosphoric ester groups is 1. The molecule has 1 fully saturated rings. The predicted octanol–water partition coefficient (Wildman–Crippen LogP) is 6.76. The number of likely N-dealkylation sites (N-methyl/N-ethyl adjacent to an activating group) is 1. The normalized spacial score (nSPS) is 23.5. The molecule has 1 unspecified atom stereocenters. The van der Waals surface area contributed by atoms with Crippen LogP contribution in [0.1, 0.15) is 110 Å². The second-order valence-electron chi connectivity index (χ2n) is 9.72. The summed E-state index contributed by atoms with van der Waals surface area (Å²) in [5, 5.41) is 0. The summed E-state index contributed by atoms with van der Waals surface area (Å²) in [7, 11) is -2.00. The molecule has 0 bridgehead atoms. The van der Waals surface area contributed by atoms with E-state index in [1.165, 1.54) is 70.6 Å². The molecule has 1 atom stereocenters. The number of piperidine rings is 1. The van der Waals surface area contributed by atoms with Crippen LogP contribution in [0.3, 0.4) is 0 Å². The third-order valence-corrected chi connectivity index (χ3v) is 7.63. The number of nitrogens with zero attached hydrogens (tertiary/aromatic N) is 1. The molecular weight excluding hydrogens is 409 g/mol. The Balaban J connectivity index is 1.92. The second kappa shape index (κ2) is 17.3. The fourth-order valence-electron chi connectivity index (χ4n) is 4.45. The molecule has 1 aliphatic rings. The van der Waals surface area contributed by atoms with Gasteiger partial charge in [0.1, 0.15) is 0 Å². The molecule has 1 aliphatic heterocycles. The Morgan fingerprint density at radius 1 is 0.903 bits per heavy atom. The molecule has 5 nitrogen and oxygen atoms in total. The van der Waals surface area contributed by atoms with Crippen molar-refractivity contribution in [3.63, 3.8) is 0 Å². The SMILES string of the molecule is C=CC[N+]1(C)CCC(OP(=O)([O-])OCCCCCCCCCCCCCCCC)CC1. The van der Waals surface area contributed by atoms with Crippen LogP contribution in [0.5, 0.6) is 0 Å². The third-order valence-electron chi connectivity index (χ3n) is 6.58. The number of likely N-dealkylation sites (tertiary alicyclic amines) is 1. The minimum absolute atomic E-state index is 0.240. The van der Waals surface area contributed by atoms with E-state index in [9.17, 15) is 9.46 Å². The highest BCUT2D eigenvalue weighted by Crippen LogP contribution is 2.42. The van der Waals surface area contributed by atoms with Gasteiger partial charge in [-0.05, 0) is 12.5 Å². The van der Waals surface area contributed by atoms with Gasteiger partial charge in [-0.1, -0.05) is 97.0 Å². The summed E-state index contributed by atoms with van der Waals surface area (Å²) in [6.07, 6.45) is 21.1. The molecule has 0 radical (unpaired) electrons. The van der Waals surface area contributed by atoms with Gasteiger partial charge in [-0.15, -0.1) is 0 Å². The zero-order chi connectivity index (χ0) is 22.8. The molecule has 0 aromatic heterocycles. The Hall–Kier alpha value is -0.190. The number of hydrogen-bond donors (Lipinski definition) is 0. The topological polar surface area (TPSA) is 58.6 Å². The monoisotopic (exact) mass is 459 g/mol. The van der Waals surface area contributed by atoms with Gasteiger partial charge in [-0.3, -0.25) is 4.57 Å². The van der Waals surface area contributed by atoms with Crippen LogP contribution < -0.4 is 4.89 Å². The van der Waals surface area contributed by atoms with Gasteiger partial charge in [0.25, 0.3) is 7.82 Å². The van der Waals surface area contributed by atoms with E-state index in [-0.39, 0.29) is 12.7 Å². The van der Waals surface area contributed by atoms with Crippen molar-refractivity contribution in [2.24, 2.45) is 0 Å². The van der Waals surface area contributed by atoms with E-state index in [4.69, 9.17) is 9.05 Å². The van der Waals surface area contributed by atoms with E-state index >= 15 is 0 Å². The molecule has 31 heavy (non-hydrogen) atoms. The van der Waals surface area contributed by atoms with Crippen LogP contribution in [0.4, 0.5) is 0 Å². The van der Waals surface area contributed by atoms with Gasteiger partial charge in [0, 0.05) is 12.8 Å². The lowest BCUT2D eigenvalue weighted by Gasteiger charge is -2.40. The fourth-order valence-corrected chi connectivity index (χ4v) is 5.44. The molecule has 0 aromatic carbocycles. The van der Waals surface area contributed by atoms with Gasteiger partial charge in [0.2, 0.25) is 0 Å².